The highest BCUT2D eigenvalue weighted by molar-refractivity contribution is 7.15. The van der Waals surface area contributed by atoms with Crippen molar-refractivity contribution in [3.63, 3.8) is 0 Å². The normalized spacial score (nSPS) is 13.4. The molecule has 1 aliphatic rings. The summed E-state index contributed by atoms with van der Waals surface area (Å²) in [5.41, 5.74) is 5.10. The number of methoxy groups -OCH3 is 1. The van der Waals surface area contributed by atoms with Gasteiger partial charge in [0.05, 0.1) is 19.7 Å². The fourth-order valence-electron chi connectivity index (χ4n) is 4.96. The van der Waals surface area contributed by atoms with E-state index < -0.39 is 0 Å². The number of anilines is 1. The smallest absolute Gasteiger partial charge is 0.257 e. The zero-order chi connectivity index (χ0) is 30.6. The molecule has 1 aliphatic carbocycles. The van der Waals surface area contributed by atoms with Gasteiger partial charge in [0, 0.05) is 5.56 Å². The molecule has 0 bridgehead atoms. The Labute approximate surface area is 260 Å². The van der Waals surface area contributed by atoms with Crippen LogP contribution in [0.25, 0.3) is 0 Å². The molecule has 228 valence electrons. The molecule has 0 aliphatic heterocycles. The molecule has 1 fully saturated rings. The van der Waals surface area contributed by atoms with Gasteiger partial charge in [-0.15, -0.1) is 10.2 Å². The molecule has 4 aromatic rings. The zero-order valence-corrected chi connectivity index (χ0v) is 25.3. The Morgan fingerprint density at radius 1 is 0.932 bits per heavy atom. The second-order valence-electron chi connectivity index (χ2n) is 10.3. The van der Waals surface area contributed by atoms with E-state index >= 15 is 0 Å². The largest absolute Gasteiger partial charge is 0.493 e. The number of nitrogens with zero attached hydrogens (tertiary/aromatic N) is 3. The lowest BCUT2D eigenvalue weighted by Crippen LogP contribution is -2.19. The number of nitrogens with one attached hydrogen (secondary N) is 2. The van der Waals surface area contributed by atoms with Crippen molar-refractivity contribution in [3.05, 3.63) is 94.5 Å². The fourth-order valence-corrected chi connectivity index (χ4v) is 5.69. The Bertz CT molecular complexity index is 1550. The van der Waals surface area contributed by atoms with Gasteiger partial charge in [-0.05, 0) is 72.4 Å². The minimum atomic E-state index is -0.367. The maximum absolute atomic E-state index is 12.3. The van der Waals surface area contributed by atoms with Gasteiger partial charge in [0.15, 0.2) is 11.5 Å². The Morgan fingerprint density at radius 2 is 1.70 bits per heavy atom. The van der Waals surface area contributed by atoms with Crippen LogP contribution in [-0.2, 0) is 11.2 Å². The van der Waals surface area contributed by atoms with E-state index in [1.54, 1.807) is 43.5 Å². The molecular formula is C33H35N5O5S. The maximum atomic E-state index is 12.3. The van der Waals surface area contributed by atoms with Crippen LogP contribution in [0.15, 0.2) is 77.9 Å². The Hall–Kier alpha value is -4.77. The molecule has 1 aromatic heterocycles. The van der Waals surface area contributed by atoms with Gasteiger partial charge in [-0.1, -0.05) is 60.9 Å². The Morgan fingerprint density at radius 3 is 2.48 bits per heavy atom. The third kappa shape index (κ3) is 8.87. The zero-order valence-electron chi connectivity index (χ0n) is 24.5. The fraction of sp³-hybridized carbons (Fsp3) is 0.303. The van der Waals surface area contributed by atoms with Crippen LogP contribution in [-0.4, -0.2) is 48.5 Å². The van der Waals surface area contributed by atoms with Crippen molar-refractivity contribution in [3.8, 4) is 17.2 Å². The summed E-state index contributed by atoms with van der Waals surface area (Å²) in [7, 11) is 1.56. The first kappa shape index (κ1) is 30.7. The lowest BCUT2D eigenvalue weighted by atomic mass is 9.84. The summed E-state index contributed by atoms with van der Waals surface area (Å²) in [4.78, 5) is 24.6. The first-order valence-corrected chi connectivity index (χ1v) is 15.4. The summed E-state index contributed by atoms with van der Waals surface area (Å²) in [5, 5.41) is 15.4. The van der Waals surface area contributed by atoms with Crippen LogP contribution in [0.2, 0.25) is 0 Å². The minimum absolute atomic E-state index is 0.0287. The maximum Gasteiger partial charge on any atom is 0.257 e. The number of benzene rings is 3. The molecule has 3 aromatic carbocycles. The molecule has 1 saturated carbocycles. The first-order chi connectivity index (χ1) is 21.6. The van der Waals surface area contributed by atoms with Gasteiger partial charge in [0.2, 0.25) is 11.0 Å². The van der Waals surface area contributed by atoms with Crippen LogP contribution >= 0.6 is 11.3 Å². The van der Waals surface area contributed by atoms with Crippen LogP contribution in [0, 0.1) is 0 Å². The SMILES string of the molecule is COc1cc(/C=N/NC(=O)Cc2nnc(NC(=O)c3ccccc3)s2)ccc1OCCOc1ccc(C2CCCCC2)cc1. The van der Waals surface area contributed by atoms with Gasteiger partial charge in [-0.3, -0.25) is 14.9 Å². The summed E-state index contributed by atoms with van der Waals surface area (Å²) >= 11 is 1.13. The Balaban J connectivity index is 1.04. The van der Waals surface area contributed by atoms with Crippen molar-refractivity contribution in [1.82, 2.24) is 15.6 Å². The van der Waals surface area contributed by atoms with Gasteiger partial charge in [0.25, 0.3) is 5.91 Å². The molecule has 0 saturated heterocycles. The lowest BCUT2D eigenvalue weighted by molar-refractivity contribution is -0.120. The lowest BCUT2D eigenvalue weighted by Gasteiger charge is -2.22. The van der Waals surface area contributed by atoms with E-state index in [0.717, 1.165) is 17.1 Å². The van der Waals surface area contributed by atoms with Crippen molar-refractivity contribution in [2.45, 2.75) is 44.4 Å². The third-order valence-corrected chi connectivity index (χ3v) is 8.03. The summed E-state index contributed by atoms with van der Waals surface area (Å²) in [6.07, 6.45) is 8.03. The van der Waals surface area contributed by atoms with Crippen LogP contribution in [0.1, 0.15) is 64.5 Å². The highest BCUT2D eigenvalue weighted by Gasteiger charge is 2.15. The quantitative estimate of drug-likeness (QED) is 0.108. The molecule has 5 rings (SSSR count). The third-order valence-electron chi connectivity index (χ3n) is 7.19. The molecule has 0 radical (unpaired) electrons. The highest BCUT2D eigenvalue weighted by Crippen LogP contribution is 2.33. The predicted octanol–water partition coefficient (Wildman–Crippen LogP) is 6.00. The molecule has 44 heavy (non-hydrogen) atoms. The highest BCUT2D eigenvalue weighted by atomic mass is 32.1. The van der Waals surface area contributed by atoms with Crippen LogP contribution in [0.5, 0.6) is 17.2 Å². The molecule has 0 unspecified atom stereocenters. The number of amides is 2. The van der Waals surface area contributed by atoms with Crippen molar-refractivity contribution < 1.29 is 23.8 Å². The van der Waals surface area contributed by atoms with Crippen LogP contribution < -0.4 is 25.0 Å². The number of hydrogen-bond donors (Lipinski definition) is 2. The number of rotatable bonds is 13. The minimum Gasteiger partial charge on any atom is -0.493 e. The van der Waals surface area contributed by atoms with E-state index in [0.29, 0.717) is 51.9 Å². The molecule has 10 nitrogen and oxygen atoms in total. The molecule has 1 heterocycles. The summed E-state index contributed by atoms with van der Waals surface area (Å²) in [6.45, 7) is 0.754. The number of carbonyl (C=O) groups excluding carboxylic acids is 2. The van der Waals surface area contributed by atoms with E-state index in [-0.39, 0.29) is 18.2 Å². The number of ether oxygens (including phenoxy) is 3. The van der Waals surface area contributed by atoms with Gasteiger partial charge < -0.3 is 14.2 Å². The first-order valence-electron chi connectivity index (χ1n) is 14.6. The molecule has 11 heteroatoms. The second-order valence-corrected chi connectivity index (χ2v) is 11.4. The van der Waals surface area contributed by atoms with Gasteiger partial charge in [0.1, 0.15) is 24.0 Å². The summed E-state index contributed by atoms with van der Waals surface area (Å²) in [6, 6.07) is 22.6. The van der Waals surface area contributed by atoms with Crippen molar-refractivity contribution >= 4 is 34.5 Å². The van der Waals surface area contributed by atoms with Gasteiger partial charge >= 0.3 is 0 Å². The molecule has 2 N–H and O–H groups in total. The van der Waals surface area contributed by atoms with Crippen LogP contribution in [0.4, 0.5) is 5.13 Å². The topological polar surface area (TPSA) is 124 Å². The molecular weight excluding hydrogens is 578 g/mol. The van der Waals surface area contributed by atoms with E-state index in [9.17, 15) is 9.59 Å². The van der Waals surface area contributed by atoms with Gasteiger partial charge in [-0.2, -0.15) is 5.10 Å². The number of carbonyl (C=O) groups is 2. The number of aromatic nitrogens is 2. The van der Waals surface area contributed by atoms with Crippen molar-refractivity contribution in [2.24, 2.45) is 5.10 Å². The van der Waals surface area contributed by atoms with E-state index in [2.05, 4.69) is 38.2 Å². The summed E-state index contributed by atoms with van der Waals surface area (Å²) < 4.78 is 17.2. The number of hydrazone groups is 1. The average Bonchev–Trinajstić information content (AvgIpc) is 3.50. The van der Waals surface area contributed by atoms with Gasteiger partial charge in [-0.25, -0.2) is 5.43 Å². The van der Waals surface area contributed by atoms with Crippen molar-refractivity contribution in [1.29, 1.82) is 0 Å². The molecule has 0 spiro atoms. The standard InChI is InChI=1S/C33H35N5O5S/c1-41-29-20-23(12-17-28(29)43-19-18-42-27-15-13-25(14-16-27)24-8-4-2-5-9-24)22-34-36-30(39)21-31-37-38-33(44-31)35-32(40)26-10-6-3-7-11-26/h3,6-7,10-17,20,22,24H,2,4-5,8-9,18-19,21H2,1H3,(H,36,39)(H,35,38,40)/b34-22+. The second kappa shape index (κ2) is 15.6. The van der Waals surface area contributed by atoms with Crippen molar-refractivity contribution in [2.75, 3.05) is 25.6 Å². The van der Waals surface area contributed by atoms with E-state index in [1.165, 1.54) is 43.9 Å². The number of hydrogen-bond acceptors (Lipinski definition) is 9. The van der Waals surface area contributed by atoms with E-state index in [4.69, 9.17) is 14.2 Å². The van der Waals surface area contributed by atoms with Crippen LogP contribution in [0.3, 0.4) is 0 Å². The summed E-state index contributed by atoms with van der Waals surface area (Å²) in [5.74, 6) is 1.96. The van der Waals surface area contributed by atoms with E-state index in [1.807, 2.05) is 24.3 Å². The predicted molar refractivity (Wildman–Crippen MR) is 170 cm³/mol. The average molecular weight is 614 g/mol. The Kier molecular flexibility index (Phi) is 10.9. The monoisotopic (exact) mass is 613 g/mol. The molecule has 0 atom stereocenters. The molecule has 2 amide bonds.